The fourth-order valence-electron chi connectivity index (χ4n) is 3.61. The van der Waals surface area contributed by atoms with Gasteiger partial charge in [0.05, 0.1) is 19.2 Å². The van der Waals surface area contributed by atoms with Gasteiger partial charge in [-0.05, 0) is 56.6 Å². The second-order valence-electron chi connectivity index (χ2n) is 7.11. The number of hydrogen-bond acceptors (Lipinski definition) is 5. The first-order valence-corrected chi connectivity index (χ1v) is 9.99. The Kier molecular flexibility index (Phi) is 6.10. The van der Waals surface area contributed by atoms with Crippen LogP contribution in [0.5, 0.6) is 23.0 Å². The second-order valence-corrected chi connectivity index (χ2v) is 7.11. The van der Waals surface area contributed by atoms with Gasteiger partial charge in [-0.2, -0.15) is 0 Å². The number of nitrogens with zero attached hydrogens (tertiary/aromatic N) is 2. The molecule has 1 fully saturated rings. The minimum Gasteiger partial charge on any atom is -0.493 e. The van der Waals surface area contributed by atoms with Crippen molar-refractivity contribution in [1.29, 1.82) is 0 Å². The molecule has 29 heavy (non-hydrogen) atoms. The first-order valence-electron chi connectivity index (χ1n) is 9.99. The highest BCUT2D eigenvalue weighted by Gasteiger charge is 2.14. The van der Waals surface area contributed by atoms with Gasteiger partial charge in [0.15, 0.2) is 23.1 Å². The van der Waals surface area contributed by atoms with Crippen molar-refractivity contribution in [3.8, 4) is 23.0 Å². The molecule has 2 aromatic carbocycles. The molecule has 0 amide bonds. The molecule has 5 nitrogen and oxygen atoms in total. The highest BCUT2D eigenvalue weighted by molar-refractivity contribution is 5.88. The van der Waals surface area contributed by atoms with E-state index < -0.39 is 5.82 Å². The summed E-state index contributed by atoms with van der Waals surface area (Å²) in [6, 6.07) is 11.7. The largest absolute Gasteiger partial charge is 0.493 e. The molecule has 3 aromatic rings. The summed E-state index contributed by atoms with van der Waals surface area (Å²) in [7, 11) is 1.60. The number of hydrogen-bond donors (Lipinski definition) is 0. The SMILES string of the molecule is COc1cc2c(Oc3ccccc3F)ccnc2cc1OCCCN1CCCC1. The van der Waals surface area contributed by atoms with Crippen LogP contribution in [0.2, 0.25) is 0 Å². The van der Waals surface area contributed by atoms with Crippen LogP contribution in [-0.4, -0.2) is 43.2 Å². The van der Waals surface area contributed by atoms with E-state index in [-0.39, 0.29) is 5.75 Å². The number of halogens is 1. The molecular weight excluding hydrogens is 371 g/mol. The van der Waals surface area contributed by atoms with Gasteiger partial charge in [0, 0.05) is 24.2 Å². The van der Waals surface area contributed by atoms with Crippen LogP contribution >= 0.6 is 0 Å². The Hall–Kier alpha value is -2.86. The van der Waals surface area contributed by atoms with Crippen LogP contribution in [0.1, 0.15) is 19.3 Å². The first kappa shape index (κ1) is 19.5. The number of likely N-dealkylation sites (tertiary alicyclic amines) is 1. The van der Waals surface area contributed by atoms with Crippen LogP contribution in [0.4, 0.5) is 4.39 Å². The molecule has 1 saturated heterocycles. The summed E-state index contributed by atoms with van der Waals surface area (Å²) in [6.07, 6.45) is 5.19. The third-order valence-corrected chi connectivity index (χ3v) is 5.12. The van der Waals surface area contributed by atoms with Gasteiger partial charge in [-0.3, -0.25) is 4.98 Å². The Bertz CT molecular complexity index is 973. The van der Waals surface area contributed by atoms with Crippen molar-refractivity contribution < 1.29 is 18.6 Å². The third-order valence-electron chi connectivity index (χ3n) is 5.12. The lowest BCUT2D eigenvalue weighted by Crippen LogP contribution is -2.21. The smallest absolute Gasteiger partial charge is 0.165 e. The van der Waals surface area contributed by atoms with Crippen LogP contribution in [0.3, 0.4) is 0 Å². The van der Waals surface area contributed by atoms with Crippen molar-refractivity contribution in [2.45, 2.75) is 19.3 Å². The Morgan fingerprint density at radius 2 is 1.83 bits per heavy atom. The van der Waals surface area contributed by atoms with Crippen LogP contribution in [0.25, 0.3) is 10.9 Å². The Morgan fingerprint density at radius 3 is 2.62 bits per heavy atom. The van der Waals surface area contributed by atoms with Crippen LogP contribution in [-0.2, 0) is 0 Å². The Morgan fingerprint density at radius 1 is 1.00 bits per heavy atom. The molecule has 0 unspecified atom stereocenters. The zero-order valence-corrected chi connectivity index (χ0v) is 16.6. The van der Waals surface area contributed by atoms with E-state index in [0.29, 0.717) is 29.4 Å². The Balaban J connectivity index is 1.52. The topological polar surface area (TPSA) is 43.8 Å². The van der Waals surface area contributed by atoms with Crippen molar-refractivity contribution in [2.75, 3.05) is 33.4 Å². The van der Waals surface area contributed by atoms with E-state index >= 15 is 0 Å². The molecule has 0 spiro atoms. The summed E-state index contributed by atoms with van der Waals surface area (Å²) < 4.78 is 31.3. The zero-order valence-electron chi connectivity index (χ0n) is 16.6. The van der Waals surface area contributed by atoms with E-state index in [1.165, 1.54) is 32.0 Å². The molecule has 0 saturated carbocycles. The van der Waals surface area contributed by atoms with Crippen molar-refractivity contribution in [2.24, 2.45) is 0 Å². The number of benzene rings is 2. The highest BCUT2D eigenvalue weighted by Crippen LogP contribution is 2.37. The summed E-state index contributed by atoms with van der Waals surface area (Å²) in [5.74, 6) is 1.52. The zero-order chi connectivity index (χ0) is 20.1. The average Bonchev–Trinajstić information content (AvgIpc) is 3.26. The van der Waals surface area contributed by atoms with E-state index in [1.807, 2.05) is 12.1 Å². The summed E-state index contributed by atoms with van der Waals surface area (Å²) in [5, 5.41) is 0.733. The molecular formula is C23H25FN2O3. The lowest BCUT2D eigenvalue weighted by atomic mass is 10.1. The molecule has 1 aliphatic rings. The maximum absolute atomic E-state index is 14.0. The summed E-state index contributed by atoms with van der Waals surface area (Å²) in [5.41, 5.74) is 0.703. The van der Waals surface area contributed by atoms with Crippen molar-refractivity contribution >= 4 is 10.9 Å². The molecule has 0 aliphatic carbocycles. The Labute approximate surface area is 170 Å². The molecule has 2 heterocycles. The molecule has 1 aliphatic heterocycles. The monoisotopic (exact) mass is 396 g/mol. The predicted molar refractivity (Wildman–Crippen MR) is 111 cm³/mol. The van der Waals surface area contributed by atoms with Gasteiger partial charge in [0.25, 0.3) is 0 Å². The van der Waals surface area contributed by atoms with Crippen LogP contribution in [0, 0.1) is 5.82 Å². The average molecular weight is 396 g/mol. The van der Waals surface area contributed by atoms with Gasteiger partial charge in [-0.15, -0.1) is 0 Å². The van der Waals surface area contributed by atoms with Crippen LogP contribution < -0.4 is 14.2 Å². The van der Waals surface area contributed by atoms with Gasteiger partial charge in [0.1, 0.15) is 5.75 Å². The number of rotatable bonds is 8. The fourth-order valence-corrected chi connectivity index (χ4v) is 3.61. The number of ether oxygens (including phenoxy) is 3. The molecule has 0 bridgehead atoms. The van der Waals surface area contributed by atoms with Crippen molar-refractivity contribution in [3.63, 3.8) is 0 Å². The lowest BCUT2D eigenvalue weighted by molar-refractivity contribution is 0.254. The van der Waals surface area contributed by atoms with E-state index in [2.05, 4.69) is 9.88 Å². The second kappa shape index (κ2) is 9.09. The number of aromatic nitrogens is 1. The van der Waals surface area contributed by atoms with Crippen molar-refractivity contribution in [3.05, 3.63) is 54.5 Å². The predicted octanol–water partition coefficient (Wildman–Crippen LogP) is 5.04. The van der Waals surface area contributed by atoms with Gasteiger partial charge in [-0.1, -0.05) is 12.1 Å². The quantitative estimate of drug-likeness (QED) is 0.499. The molecule has 152 valence electrons. The number of fused-ring (bicyclic) bond motifs is 1. The molecule has 6 heteroatoms. The fraction of sp³-hybridized carbons (Fsp3) is 0.348. The molecule has 0 atom stereocenters. The summed E-state index contributed by atoms with van der Waals surface area (Å²) in [4.78, 5) is 6.88. The van der Waals surface area contributed by atoms with Gasteiger partial charge in [-0.25, -0.2) is 4.39 Å². The first-order chi connectivity index (χ1) is 14.2. The normalized spacial score (nSPS) is 14.3. The van der Waals surface area contributed by atoms with E-state index in [9.17, 15) is 4.39 Å². The summed E-state index contributed by atoms with van der Waals surface area (Å²) >= 11 is 0. The summed E-state index contributed by atoms with van der Waals surface area (Å²) in [6.45, 7) is 4.04. The third kappa shape index (κ3) is 4.59. The van der Waals surface area contributed by atoms with E-state index in [0.717, 1.165) is 18.4 Å². The van der Waals surface area contributed by atoms with Gasteiger partial charge < -0.3 is 19.1 Å². The minimum atomic E-state index is -0.414. The minimum absolute atomic E-state index is 0.168. The van der Waals surface area contributed by atoms with Crippen LogP contribution in [0.15, 0.2) is 48.7 Å². The molecule has 0 radical (unpaired) electrons. The van der Waals surface area contributed by atoms with Gasteiger partial charge >= 0.3 is 0 Å². The standard InChI is InChI=1S/C23H25FN2O3/c1-27-22-15-17-19(16-23(22)28-14-6-13-26-11-4-5-12-26)25-10-9-20(17)29-21-8-3-2-7-18(21)24/h2-3,7-10,15-16H,4-6,11-14H2,1H3. The van der Waals surface area contributed by atoms with E-state index in [1.54, 1.807) is 37.6 Å². The van der Waals surface area contributed by atoms with Crippen molar-refractivity contribution in [1.82, 2.24) is 9.88 Å². The van der Waals surface area contributed by atoms with E-state index in [4.69, 9.17) is 14.2 Å². The van der Waals surface area contributed by atoms with Gasteiger partial charge in [0.2, 0.25) is 0 Å². The lowest BCUT2D eigenvalue weighted by Gasteiger charge is -2.16. The number of pyridine rings is 1. The maximum Gasteiger partial charge on any atom is 0.165 e. The molecule has 4 rings (SSSR count). The highest BCUT2D eigenvalue weighted by atomic mass is 19.1. The number of methoxy groups -OCH3 is 1. The number of para-hydroxylation sites is 1. The molecule has 1 aromatic heterocycles. The molecule has 0 N–H and O–H groups in total. The maximum atomic E-state index is 14.0.